The molecule has 1 heterocycles. The van der Waals surface area contributed by atoms with Crippen LogP contribution in [0.1, 0.15) is 26.3 Å². The smallest absolute Gasteiger partial charge is 0.262 e. The zero-order chi connectivity index (χ0) is 24.1. The molecule has 4 aromatic rings. The fourth-order valence-corrected chi connectivity index (χ4v) is 4.10. The Morgan fingerprint density at radius 1 is 0.941 bits per heavy atom. The van der Waals surface area contributed by atoms with Crippen molar-refractivity contribution in [3.8, 4) is 11.4 Å². The van der Waals surface area contributed by atoms with Gasteiger partial charge in [-0.2, -0.15) is 0 Å². The van der Waals surface area contributed by atoms with Crippen molar-refractivity contribution in [3.05, 3.63) is 95.3 Å². The van der Waals surface area contributed by atoms with Gasteiger partial charge in [0.1, 0.15) is 11.9 Å². The molecule has 0 aliphatic carbocycles. The van der Waals surface area contributed by atoms with Crippen molar-refractivity contribution < 1.29 is 4.79 Å². The topological polar surface area (TPSA) is 76.0 Å². The van der Waals surface area contributed by atoms with Gasteiger partial charge in [0.2, 0.25) is 5.91 Å². The molecule has 0 fully saturated rings. The largest absolute Gasteiger partial charge is 0.332 e. The minimum Gasteiger partial charge on any atom is -0.332 e. The van der Waals surface area contributed by atoms with Crippen molar-refractivity contribution in [2.45, 2.75) is 26.3 Å². The van der Waals surface area contributed by atoms with Crippen LogP contribution in [0.15, 0.2) is 89.7 Å². The third-order valence-corrected chi connectivity index (χ3v) is 5.62. The minimum atomic E-state index is -0.796. The monoisotopic (exact) mass is 470 g/mol. The van der Waals surface area contributed by atoms with E-state index >= 15 is 0 Å². The first-order valence-electron chi connectivity index (χ1n) is 11.2. The molecule has 34 heavy (non-hydrogen) atoms. The van der Waals surface area contributed by atoms with Crippen LogP contribution in [-0.4, -0.2) is 20.6 Å². The highest BCUT2D eigenvalue weighted by Crippen LogP contribution is 2.25. The Bertz CT molecular complexity index is 1370. The van der Waals surface area contributed by atoms with Crippen LogP contribution in [0.2, 0.25) is 0 Å². The second kappa shape index (κ2) is 10.4. The molecule has 0 spiro atoms. The molecule has 0 radical (unpaired) electrons. The third kappa shape index (κ3) is 5.21. The number of hydrogen-bond donors (Lipinski definition) is 2. The Hall–Kier alpha value is -3.84. The quantitative estimate of drug-likeness (QED) is 0.381. The van der Waals surface area contributed by atoms with Crippen LogP contribution in [0, 0.1) is 5.92 Å². The Morgan fingerprint density at radius 2 is 1.56 bits per heavy atom. The molecule has 3 aromatic carbocycles. The van der Waals surface area contributed by atoms with Gasteiger partial charge in [-0.25, -0.2) is 4.98 Å². The second-order valence-electron chi connectivity index (χ2n) is 8.45. The first kappa shape index (κ1) is 23.3. The summed E-state index contributed by atoms with van der Waals surface area (Å²) in [5.41, 5.74) is 1.86. The van der Waals surface area contributed by atoms with Gasteiger partial charge in [0.25, 0.3) is 5.56 Å². The molecular weight excluding hydrogens is 444 g/mol. The lowest BCUT2D eigenvalue weighted by molar-refractivity contribution is -0.123. The van der Waals surface area contributed by atoms with Crippen LogP contribution in [0.25, 0.3) is 22.3 Å². The zero-order valence-corrected chi connectivity index (χ0v) is 19.9. The van der Waals surface area contributed by atoms with E-state index in [1.807, 2.05) is 86.6 Å². The average molecular weight is 471 g/mol. The highest BCUT2D eigenvalue weighted by molar-refractivity contribution is 7.80. The number of aromatic nitrogens is 2. The predicted molar refractivity (Wildman–Crippen MR) is 141 cm³/mol. The standard InChI is InChI=1S/C27H26N4O2S/c1-18(2)17-23(25(32)30-27(34)28-20-13-7-4-8-14-20)31-24(19-11-5-3-6-12-19)29-22-16-10-9-15-21(22)26(31)33/h3-16,18,23H,17H2,1-2H3,(H2,28,30,32,34)/t23-/m1/s1. The van der Waals surface area contributed by atoms with E-state index in [1.54, 1.807) is 12.1 Å². The van der Waals surface area contributed by atoms with E-state index in [4.69, 9.17) is 17.2 Å². The van der Waals surface area contributed by atoms with Crippen molar-refractivity contribution in [2.75, 3.05) is 5.32 Å². The molecule has 0 saturated carbocycles. The molecule has 4 rings (SSSR count). The summed E-state index contributed by atoms with van der Waals surface area (Å²) in [6.07, 6.45) is 0.444. The molecule has 1 atom stereocenters. The van der Waals surface area contributed by atoms with E-state index < -0.39 is 6.04 Å². The van der Waals surface area contributed by atoms with Gasteiger partial charge in [0, 0.05) is 11.3 Å². The summed E-state index contributed by atoms with van der Waals surface area (Å²) in [5.74, 6) is 0.235. The van der Waals surface area contributed by atoms with Crippen molar-refractivity contribution >= 4 is 39.8 Å². The van der Waals surface area contributed by atoms with Gasteiger partial charge >= 0.3 is 0 Å². The van der Waals surface area contributed by atoms with E-state index in [0.29, 0.717) is 23.1 Å². The van der Waals surface area contributed by atoms with E-state index in [0.717, 1.165) is 11.3 Å². The molecule has 172 valence electrons. The third-order valence-electron chi connectivity index (χ3n) is 5.42. The molecule has 0 saturated heterocycles. The Kier molecular flexibility index (Phi) is 7.13. The molecule has 1 amide bonds. The van der Waals surface area contributed by atoms with Gasteiger partial charge in [0.15, 0.2) is 5.11 Å². The number of rotatable bonds is 6. The van der Waals surface area contributed by atoms with Crippen LogP contribution in [-0.2, 0) is 4.79 Å². The van der Waals surface area contributed by atoms with Crippen LogP contribution < -0.4 is 16.2 Å². The summed E-state index contributed by atoms with van der Waals surface area (Å²) in [6.45, 7) is 4.03. The van der Waals surface area contributed by atoms with Gasteiger partial charge < -0.3 is 10.6 Å². The highest BCUT2D eigenvalue weighted by atomic mass is 32.1. The molecule has 0 unspecified atom stereocenters. The number of anilines is 1. The summed E-state index contributed by atoms with van der Waals surface area (Å²) in [6, 6.07) is 25.2. The number of amides is 1. The van der Waals surface area contributed by atoms with Crippen molar-refractivity contribution in [2.24, 2.45) is 5.92 Å². The van der Waals surface area contributed by atoms with E-state index in [-0.39, 0.29) is 22.5 Å². The molecule has 1 aromatic heterocycles. The molecule has 0 aliphatic heterocycles. The Morgan fingerprint density at radius 3 is 2.24 bits per heavy atom. The van der Waals surface area contributed by atoms with Gasteiger partial charge in [-0.15, -0.1) is 0 Å². The van der Waals surface area contributed by atoms with Crippen molar-refractivity contribution in [1.29, 1.82) is 0 Å². The number of nitrogens with one attached hydrogen (secondary N) is 2. The molecule has 6 nitrogen and oxygen atoms in total. The number of carbonyl (C=O) groups is 1. The van der Waals surface area contributed by atoms with Crippen molar-refractivity contribution in [1.82, 2.24) is 14.9 Å². The molecule has 0 aliphatic rings. The lowest BCUT2D eigenvalue weighted by Gasteiger charge is -2.24. The van der Waals surface area contributed by atoms with Crippen molar-refractivity contribution in [3.63, 3.8) is 0 Å². The predicted octanol–water partition coefficient (Wildman–Crippen LogP) is 5.16. The molecular formula is C27H26N4O2S. The maximum Gasteiger partial charge on any atom is 0.262 e. The summed E-state index contributed by atoms with van der Waals surface area (Å²) < 4.78 is 1.51. The normalized spacial score (nSPS) is 11.9. The van der Waals surface area contributed by atoms with Gasteiger partial charge in [-0.1, -0.05) is 74.5 Å². The summed E-state index contributed by atoms with van der Waals surface area (Å²) in [4.78, 5) is 32.0. The first-order chi connectivity index (χ1) is 16.4. The number of thiocarbonyl (C=S) groups is 1. The van der Waals surface area contributed by atoms with Gasteiger partial charge in [-0.3, -0.25) is 14.2 Å². The maximum atomic E-state index is 13.7. The fourth-order valence-electron chi connectivity index (χ4n) is 3.88. The average Bonchev–Trinajstić information content (AvgIpc) is 2.84. The van der Waals surface area contributed by atoms with E-state index in [2.05, 4.69) is 10.6 Å². The lowest BCUT2D eigenvalue weighted by Crippen LogP contribution is -2.43. The van der Waals surface area contributed by atoms with Gasteiger partial charge in [-0.05, 0) is 48.8 Å². The van der Waals surface area contributed by atoms with Crippen LogP contribution in [0.3, 0.4) is 0 Å². The molecule has 2 N–H and O–H groups in total. The second-order valence-corrected chi connectivity index (χ2v) is 8.86. The SMILES string of the molecule is CC(C)C[C@H](C(=O)NC(=S)Nc1ccccc1)n1c(-c2ccccc2)nc2ccccc2c1=O. The summed E-state index contributed by atoms with van der Waals surface area (Å²) in [5, 5.41) is 6.44. The first-order valence-corrected chi connectivity index (χ1v) is 11.6. The summed E-state index contributed by atoms with van der Waals surface area (Å²) in [7, 11) is 0. The van der Waals surface area contributed by atoms with E-state index in [1.165, 1.54) is 4.57 Å². The Labute approximate surface area is 203 Å². The Balaban J connectivity index is 1.78. The number of nitrogens with zero attached hydrogens (tertiary/aromatic N) is 2. The van der Waals surface area contributed by atoms with Crippen LogP contribution in [0.4, 0.5) is 5.69 Å². The number of benzene rings is 3. The minimum absolute atomic E-state index is 0.147. The van der Waals surface area contributed by atoms with Crippen LogP contribution in [0.5, 0.6) is 0 Å². The number of para-hydroxylation sites is 2. The highest BCUT2D eigenvalue weighted by Gasteiger charge is 2.28. The maximum absolute atomic E-state index is 13.7. The summed E-state index contributed by atoms with van der Waals surface area (Å²) >= 11 is 5.39. The van der Waals surface area contributed by atoms with E-state index in [9.17, 15) is 9.59 Å². The number of hydrogen-bond acceptors (Lipinski definition) is 4. The molecule has 7 heteroatoms. The zero-order valence-electron chi connectivity index (χ0n) is 19.1. The van der Waals surface area contributed by atoms with Gasteiger partial charge in [0.05, 0.1) is 10.9 Å². The lowest BCUT2D eigenvalue weighted by atomic mass is 10.0. The molecule has 0 bridgehead atoms. The fraction of sp³-hybridized carbons (Fsp3) is 0.185. The number of carbonyl (C=O) groups excluding carboxylic acids is 1. The van der Waals surface area contributed by atoms with Crippen LogP contribution >= 0.6 is 12.2 Å². The number of fused-ring (bicyclic) bond motifs is 1.